The van der Waals surface area contributed by atoms with Crippen LogP contribution in [0.5, 0.6) is 0 Å². The zero-order chi connectivity index (χ0) is 7.19. The molecule has 2 rings (SSSR count). The zero-order valence-corrected chi connectivity index (χ0v) is 5.49. The van der Waals surface area contributed by atoms with Crippen molar-refractivity contribution < 1.29 is 19.7 Å². The first-order chi connectivity index (χ1) is 4.82. The molecular weight excluding hydrogens is 136 g/mol. The highest BCUT2D eigenvalue weighted by molar-refractivity contribution is 5.09. The Kier molecular flexibility index (Phi) is 1.25. The maximum atomic E-state index is 8.79. The van der Waals surface area contributed by atoms with E-state index in [1.165, 1.54) is 0 Å². The number of hydrogen-bond acceptors (Lipinski definition) is 4. The average Bonchev–Trinajstić information content (AvgIpc) is 2.84. The van der Waals surface area contributed by atoms with Crippen LogP contribution in [0, 0.1) is 0 Å². The third kappa shape index (κ3) is 0.769. The molecule has 2 fully saturated rings. The molecule has 3 unspecified atom stereocenters. The van der Waals surface area contributed by atoms with Gasteiger partial charge in [0.2, 0.25) is 0 Å². The zero-order valence-electron chi connectivity index (χ0n) is 5.49. The van der Waals surface area contributed by atoms with Crippen molar-refractivity contribution >= 4 is 0 Å². The molecule has 0 bridgehead atoms. The molecule has 0 aromatic heterocycles. The summed E-state index contributed by atoms with van der Waals surface area (Å²) in [4.78, 5) is 0. The lowest BCUT2D eigenvalue weighted by atomic mass is 10.1. The van der Waals surface area contributed by atoms with Crippen LogP contribution in [0.2, 0.25) is 0 Å². The third-order valence-corrected chi connectivity index (χ3v) is 2.06. The van der Waals surface area contributed by atoms with Crippen LogP contribution in [0.25, 0.3) is 0 Å². The molecule has 2 aliphatic rings. The summed E-state index contributed by atoms with van der Waals surface area (Å²) >= 11 is 0. The number of hydrogen-bond donors (Lipinski definition) is 2. The van der Waals surface area contributed by atoms with Gasteiger partial charge in [0.1, 0.15) is 17.8 Å². The Balaban J connectivity index is 1.90. The molecule has 0 saturated carbocycles. The summed E-state index contributed by atoms with van der Waals surface area (Å²) < 4.78 is 10.1. The molecule has 4 nitrogen and oxygen atoms in total. The monoisotopic (exact) mass is 146 g/mol. The normalized spacial score (nSPS) is 51.0. The first kappa shape index (κ1) is 6.54. The van der Waals surface area contributed by atoms with Crippen LogP contribution < -0.4 is 0 Å². The molecule has 2 aliphatic heterocycles. The van der Waals surface area contributed by atoms with Gasteiger partial charge in [0, 0.05) is 0 Å². The lowest BCUT2D eigenvalue weighted by molar-refractivity contribution is 0.142. The fraction of sp³-hybridized carbons (Fsp3) is 1.00. The Morgan fingerprint density at radius 3 is 2.50 bits per heavy atom. The summed E-state index contributed by atoms with van der Waals surface area (Å²) in [5, 5.41) is 17.4. The Labute approximate surface area is 58.4 Å². The fourth-order valence-electron chi connectivity index (χ4n) is 1.18. The Morgan fingerprint density at radius 1 is 1.50 bits per heavy atom. The van der Waals surface area contributed by atoms with Crippen LogP contribution in [0.3, 0.4) is 0 Å². The minimum absolute atomic E-state index is 0.00579. The van der Waals surface area contributed by atoms with Gasteiger partial charge in [-0.2, -0.15) is 0 Å². The van der Waals surface area contributed by atoms with Crippen molar-refractivity contribution in [2.24, 2.45) is 0 Å². The summed E-state index contributed by atoms with van der Waals surface area (Å²) in [6.45, 7) is 0.578. The second-order valence-electron chi connectivity index (χ2n) is 2.79. The van der Waals surface area contributed by atoms with Crippen LogP contribution in [-0.2, 0) is 9.47 Å². The maximum absolute atomic E-state index is 8.79. The topological polar surface area (TPSA) is 65.5 Å². The van der Waals surface area contributed by atoms with Crippen molar-refractivity contribution in [3.63, 3.8) is 0 Å². The molecule has 0 radical (unpaired) electrons. The van der Waals surface area contributed by atoms with E-state index in [9.17, 15) is 0 Å². The molecule has 2 heterocycles. The quantitative estimate of drug-likeness (QED) is 0.476. The molecule has 4 heteroatoms. The van der Waals surface area contributed by atoms with E-state index in [2.05, 4.69) is 0 Å². The highest BCUT2D eigenvalue weighted by Gasteiger charge is 2.63. The summed E-state index contributed by atoms with van der Waals surface area (Å²) in [5.74, 6) is 0. The van der Waals surface area contributed by atoms with Crippen LogP contribution >= 0.6 is 0 Å². The lowest BCUT2D eigenvalue weighted by Gasteiger charge is -2.00. The molecule has 58 valence electrons. The van der Waals surface area contributed by atoms with Gasteiger partial charge in [0.05, 0.1) is 19.8 Å². The summed E-state index contributed by atoms with van der Waals surface area (Å²) in [5.41, 5.74) is -0.451. The highest BCUT2D eigenvalue weighted by atomic mass is 16.7. The van der Waals surface area contributed by atoms with Crippen LogP contribution in [0.15, 0.2) is 0 Å². The van der Waals surface area contributed by atoms with Gasteiger partial charge in [-0.3, -0.25) is 0 Å². The fourth-order valence-corrected chi connectivity index (χ4v) is 1.18. The predicted molar refractivity (Wildman–Crippen MR) is 31.5 cm³/mol. The van der Waals surface area contributed by atoms with E-state index in [1.807, 2.05) is 0 Å². The van der Waals surface area contributed by atoms with Gasteiger partial charge in [0.15, 0.2) is 0 Å². The Bertz CT molecular complexity index is 143. The highest BCUT2D eigenvalue weighted by Crippen LogP contribution is 2.42. The molecule has 0 spiro atoms. The molecule has 3 atom stereocenters. The van der Waals surface area contributed by atoms with Gasteiger partial charge in [-0.25, -0.2) is 0 Å². The van der Waals surface area contributed by atoms with Crippen LogP contribution in [-0.4, -0.2) is 47.8 Å². The minimum atomic E-state index is -0.451. The van der Waals surface area contributed by atoms with Crippen LogP contribution in [0.4, 0.5) is 0 Å². The van der Waals surface area contributed by atoms with Gasteiger partial charge in [-0.1, -0.05) is 0 Å². The molecule has 0 amide bonds. The lowest BCUT2D eigenvalue weighted by Crippen LogP contribution is -2.26. The standard InChI is InChI=1S/C6H10O4/c7-1-4-5(10-4)6(2-8)3-9-6/h4-5,7-8H,1-3H2. The second-order valence-corrected chi connectivity index (χ2v) is 2.79. The van der Waals surface area contributed by atoms with Crippen molar-refractivity contribution in [1.29, 1.82) is 0 Å². The smallest absolute Gasteiger partial charge is 0.143 e. The molecule has 0 aromatic rings. The van der Waals surface area contributed by atoms with Gasteiger partial charge in [-0.15, -0.1) is 0 Å². The minimum Gasteiger partial charge on any atom is -0.394 e. The number of rotatable bonds is 3. The Morgan fingerprint density at radius 2 is 2.20 bits per heavy atom. The van der Waals surface area contributed by atoms with Crippen molar-refractivity contribution in [3.8, 4) is 0 Å². The first-order valence-corrected chi connectivity index (χ1v) is 3.33. The van der Waals surface area contributed by atoms with Gasteiger partial charge >= 0.3 is 0 Å². The number of aliphatic hydroxyl groups is 2. The Hall–Kier alpha value is -0.160. The van der Waals surface area contributed by atoms with E-state index in [0.29, 0.717) is 6.61 Å². The first-order valence-electron chi connectivity index (χ1n) is 3.33. The third-order valence-electron chi connectivity index (χ3n) is 2.06. The van der Waals surface area contributed by atoms with Crippen molar-refractivity contribution in [3.05, 3.63) is 0 Å². The van der Waals surface area contributed by atoms with Crippen LogP contribution in [0.1, 0.15) is 0 Å². The van der Waals surface area contributed by atoms with E-state index in [-0.39, 0.29) is 25.4 Å². The van der Waals surface area contributed by atoms with E-state index in [0.717, 1.165) is 0 Å². The summed E-state index contributed by atoms with van der Waals surface area (Å²) in [6.07, 6.45) is -0.169. The van der Waals surface area contributed by atoms with Gasteiger partial charge in [0.25, 0.3) is 0 Å². The molecule has 2 saturated heterocycles. The van der Waals surface area contributed by atoms with E-state index < -0.39 is 5.60 Å². The molecular formula is C6H10O4. The predicted octanol–water partition coefficient (Wildman–Crippen LogP) is -1.49. The summed E-state index contributed by atoms with van der Waals surface area (Å²) in [7, 11) is 0. The number of aliphatic hydroxyl groups excluding tert-OH is 2. The van der Waals surface area contributed by atoms with Crippen molar-refractivity contribution in [2.75, 3.05) is 19.8 Å². The average molecular weight is 146 g/mol. The van der Waals surface area contributed by atoms with Gasteiger partial charge < -0.3 is 19.7 Å². The molecule has 10 heavy (non-hydrogen) atoms. The second kappa shape index (κ2) is 1.92. The van der Waals surface area contributed by atoms with Gasteiger partial charge in [-0.05, 0) is 0 Å². The van der Waals surface area contributed by atoms with E-state index in [1.54, 1.807) is 0 Å². The molecule has 2 N–H and O–H groups in total. The SMILES string of the molecule is OCC1OC1C1(CO)CO1. The van der Waals surface area contributed by atoms with Crippen molar-refractivity contribution in [1.82, 2.24) is 0 Å². The molecule has 0 aromatic carbocycles. The summed E-state index contributed by atoms with van der Waals surface area (Å²) in [6, 6.07) is 0. The van der Waals surface area contributed by atoms with Crippen molar-refractivity contribution in [2.45, 2.75) is 17.8 Å². The van der Waals surface area contributed by atoms with E-state index >= 15 is 0 Å². The van der Waals surface area contributed by atoms with E-state index in [4.69, 9.17) is 19.7 Å². The maximum Gasteiger partial charge on any atom is 0.143 e. The largest absolute Gasteiger partial charge is 0.394 e. The number of ether oxygens (including phenoxy) is 2. The molecule has 0 aliphatic carbocycles. The number of epoxide rings is 2.